The van der Waals surface area contributed by atoms with Crippen molar-refractivity contribution in [1.82, 2.24) is 4.98 Å². The molecular formula is C19H17BrN2O5. The molecule has 3 rings (SSSR count). The monoisotopic (exact) mass is 432 g/mol. The predicted molar refractivity (Wildman–Crippen MR) is 102 cm³/mol. The number of benzene rings is 1. The molecule has 1 N–H and O–H groups in total. The Hall–Kier alpha value is -2.87. The highest BCUT2D eigenvalue weighted by Crippen LogP contribution is 2.42. The first-order valence-electron chi connectivity index (χ1n) is 8.00. The van der Waals surface area contributed by atoms with Crippen LogP contribution in [0.5, 0.6) is 11.5 Å². The third-order valence-corrected chi connectivity index (χ3v) is 4.74. The van der Waals surface area contributed by atoms with Crippen molar-refractivity contribution in [3.63, 3.8) is 0 Å². The summed E-state index contributed by atoms with van der Waals surface area (Å²) in [4.78, 5) is 30.5. The fraction of sp³-hybridized carbons (Fsp3) is 0.211. The number of ketones is 1. The summed E-state index contributed by atoms with van der Waals surface area (Å²) in [5, 5.41) is 10.3. The number of carbonyl (C=O) groups is 2. The smallest absolute Gasteiger partial charge is 0.295 e. The zero-order chi connectivity index (χ0) is 19.7. The lowest BCUT2D eigenvalue weighted by molar-refractivity contribution is -0.117. The molecule has 1 aliphatic rings. The van der Waals surface area contributed by atoms with Crippen molar-refractivity contribution in [2.75, 3.05) is 19.1 Å². The van der Waals surface area contributed by atoms with Crippen molar-refractivity contribution in [2.24, 2.45) is 0 Å². The van der Waals surface area contributed by atoms with Gasteiger partial charge in [-0.1, -0.05) is 6.07 Å². The van der Waals surface area contributed by atoms with E-state index in [1.165, 1.54) is 32.2 Å². The lowest BCUT2D eigenvalue weighted by atomic mass is 9.96. The van der Waals surface area contributed by atoms with Crippen LogP contribution in [-0.4, -0.2) is 36.0 Å². The second-order valence-electron chi connectivity index (χ2n) is 5.85. The molecule has 140 valence electrons. The van der Waals surface area contributed by atoms with Crippen LogP contribution in [0.15, 0.2) is 52.3 Å². The number of methoxy groups -OCH3 is 2. The Kier molecular flexibility index (Phi) is 5.18. The molecule has 0 saturated heterocycles. The molecule has 1 amide bonds. The zero-order valence-electron chi connectivity index (χ0n) is 14.9. The average molecular weight is 433 g/mol. The maximum atomic E-state index is 12.7. The molecule has 27 heavy (non-hydrogen) atoms. The van der Waals surface area contributed by atoms with Crippen molar-refractivity contribution in [3.8, 4) is 11.5 Å². The summed E-state index contributed by atoms with van der Waals surface area (Å²) in [6.45, 7) is 1.31. The van der Waals surface area contributed by atoms with E-state index in [4.69, 9.17) is 9.47 Å². The molecule has 0 radical (unpaired) electrons. The zero-order valence-corrected chi connectivity index (χ0v) is 16.5. The van der Waals surface area contributed by atoms with Gasteiger partial charge in [-0.15, -0.1) is 0 Å². The summed E-state index contributed by atoms with van der Waals surface area (Å²) in [5.41, 5.74) is 0.594. The van der Waals surface area contributed by atoms with Gasteiger partial charge in [-0.25, -0.2) is 4.98 Å². The number of ether oxygens (including phenoxy) is 2. The van der Waals surface area contributed by atoms with Gasteiger partial charge in [0.15, 0.2) is 23.0 Å². The number of hydrogen-bond donors (Lipinski definition) is 1. The summed E-state index contributed by atoms with van der Waals surface area (Å²) in [6, 6.07) is 7.59. The highest BCUT2D eigenvalue weighted by Gasteiger charge is 2.44. The van der Waals surface area contributed by atoms with E-state index < -0.39 is 23.5 Å². The predicted octanol–water partition coefficient (Wildman–Crippen LogP) is 3.35. The van der Waals surface area contributed by atoms with Crippen LogP contribution < -0.4 is 14.4 Å². The van der Waals surface area contributed by atoms with Crippen LogP contribution in [0.25, 0.3) is 0 Å². The highest BCUT2D eigenvalue weighted by molar-refractivity contribution is 9.10. The van der Waals surface area contributed by atoms with E-state index in [1.54, 1.807) is 30.3 Å². The number of amides is 1. The van der Waals surface area contributed by atoms with Gasteiger partial charge in [-0.3, -0.25) is 14.5 Å². The molecule has 0 saturated carbocycles. The third-order valence-electron chi connectivity index (χ3n) is 4.27. The van der Waals surface area contributed by atoms with Crippen LogP contribution in [0.2, 0.25) is 0 Å². The standard InChI is InChI=1S/C19H17BrN2O5/c1-10(23)16-17(11-4-6-13(26-2)14(8-11)27-3)22(19(25)18(16)24)15-7-5-12(20)9-21-15/h4-9,17,24H,1-3H3/t17-/m0/s1. The van der Waals surface area contributed by atoms with Gasteiger partial charge in [0.05, 0.1) is 25.8 Å². The van der Waals surface area contributed by atoms with E-state index in [0.29, 0.717) is 22.9 Å². The number of Topliss-reactive ketones (excluding diaryl/α,β-unsaturated/α-hetero) is 1. The summed E-state index contributed by atoms with van der Waals surface area (Å²) >= 11 is 3.30. The van der Waals surface area contributed by atoms with Crippen molar-refractivity contribution in [3.05, 3.63) is 57.9 Å². The number of pyridine rings is 1. The molecule has 8 heteroatoms. The van der Waals surface area contributed by atoms with Crippen LogP contribution in [0.1, 0.15) is 18.5 Å². The molecule has 2 aromatic rings. The average Bonchev–Trinajstić information content (AvgIpc) is 2.93. The largest absolute Gasteiger partial charge is 0.503 e. The van der Waals surface area contributed by atoms with Gasteiger partial charge in [-0.05, 0) is 52.7 Å². The Labute approximate surface area is 164 Å². The summed E-state index contributed by atoms with van der Waals surface area (Å²) in [7, 11) is 3.01. The first kappa shape index (κ1) is 18.9. The number of hydrogen-bond acceptors (Lipinski definition) is 6. The minimum Gasteiger partial charge on any atom is -0.503 e. The molecule has 1 atom stereocenters. The number of aliphatic hydroxyl groups is 1. The van der Waals surface area contributed by atoms with Crippen molar-refractivity contribution in [1.29, 1.82) is 0 Å². The molecule has 0 unspecified atom stereocenters. The minimum atomic E-state index is -0.830. The molecule has 0 spiro atoms. The molecule has 7 nitrogen and oxygen atoms in total. The number of carbonyl (C=O) groups excluding carboxylic acids is 2. The topological polar surface area (TPSA) is 89.0 Å². The van der Waals surface area contributed by atoms with Crippen molar-refractivity contribution >= 4 is 33.4 Å². The first-order valence-corrected chi connectivity index (χ1v) is 8.79. The van der Waals surface area contributed by atoms with E-state index >= 15 is 0 Å². The number of nitrogens with zero attached hydrogens (tertiary/aromatic N) is 2. The summed E-state index contributed by atoms with van der Waals surface area (Å²) < 4.78 is 11.3. The molecule has 0 bridgehead atoms. The van der Waals surface area contributed by atoms with E-state index in [1.807, 2.05) is 0 Å². The molecule has 0 aliphatic carbocycles. The van der Waals surface area contributed by atoms with Gasteiger partial charge in [0.2, 0.25) is 0 Å². The van der Waals surface area contributed by atoms with Gasteiger partial charge < -0.3 is 14.6 Å². The second-order valence-corrected chi connectivity index (χ2v) is 6.76. The van der Waals surface area contributed by atoms with E-state index in [-0.39, 0.29) is 5.57 Å². The van der Waals surface area contributed by atoms with Gasteiger partial charge >= 0.3 is 0 Å². The lowest BCUT2D eigenvalue weighted by Gasteiger charge is -2.26. The Morgan fingerprint density at radius 1 is 1.19 bits per heavy atom. The van der Waals surface area contributed by atoms with Gasteiger partial charge in [-0.2, -0.15) is 0 Å². The maximum Gasteiger partial charge on any atom is 0.295 e. The van der Waals surface area contributed by atoms with Crippen LogP contribution in [-0.2, 0) is 9.59 Å². The number of aliphatic hydroxyl groups excluding tert-OH is 1. The van der Waals surface area contributed by atoms with Crippen LogP contribution in [0.3, 0.4) is 0 Å². The molecule has 1 aromatic carbocycles. The molecular weight excluding hydrogens is 416 g/mol. The van der Waals surface area contributed by atoms with Crippen molar-refractivity contribution in [2.45, 2.75) is 13.0 Å². The van der Waals surface area contributed by atoms with E-state index in [9.17, 15) is 14.7 Å². The summed E-state index contributed by atoms with van der Waals surface area (Å²) in [6.07, 6.45) is 1.54. The Balaban J connectivity index is 2.18. The van der Waals surface area contributed by atoms with Gasteiger partial charge in [0, 0.05) is 10.7 Å². The second kappa shape index (κ2) is 7.40. The highest BCUT2D eigenvalue weighted by atomic mass is 79.9. The minimum absolute atomic E-state index is 0.0111. The molecule has 2 heterocycles. The number of halogens is 1. The number of rotatable bonds is 5. The Bertz CT molecular complexity index is 940. The fourth-order valence-electron chi connectivity index (χ4n) is 3.05. The Morgan fingerprint density at radius 3 is 2.44 bits per heavy atom. The summed E-state index contributed by atoms with van der Waals surface area (Å²) in [5.74, 6) is -0.398. The quantitative estimate of drug-likeness (QED) is 0.778. The van der Waals surface area contributed by atoms with Crippen LogP contribution >= 0.6 is 15.9 Å². The van der Waals surface area contributed by atoms with Gasteiger partial charge in [0.25, 0.3) is 5.91 Å². The molecule has 1 aliphatic heterocycles. The number of anilines is 1. The van der Waals surface area contributed by atoms with E-state index in [2.05, 4.69) is 20.9 Å². The molecule has 0 fully saturated rings. The van der Waals surface area contributed by atoms with Crippen LogP contribution in [0, 0.1) is 0 Å². The van der Waals surface area contributed by atoms with Gasteiger partial charge in [0.1, 0.15) is 5.82 Å². The third kappa shape index (κ3) is 3.28. The Morgan fingerprint density at radius 2 is 1.89 bits per heavy atom. The lowest BCUT2D eigenvalue weighted by Crippen LogP contribution is -2.31. The van der Waals surface area contributed by atoms with Crippen LogP contribution in [0.4, 0.5) is 5.82 Å². The normalized spacial score (nSPS) is 16.7. The molecule has 1 aromatic heterocycles. The van der Waals surface area contributed by atoms with E-state index in [0.717, 1.165) is 4.47 Å². The maximum absolute atomic E-state index is 12.7. The SMILES string of the molecule is COc1ccc([C@H]2C(C(C)=O)=C(O)C(=O)N2c2ccc(Br)cn2)cc1OC. The fourth-order valence-corrected chi connectivity index (χ4v) is 3.28. The first-order chi connectivity index (χ1) is 12.9. The van der Waals surface area contributed by atoms with Crippen molar-refractivity contribution < 1.29 is 24.2 Å². The number of aromatic nitrogens is 1.